The summed E-state index contributed by atoms with van der Waals surface area (Å²) >= 11 is 0. The smallest absolute Gasteiger partial charge is 0.347 e. The van der Waals surface area contributed by atoms with Crippen LogP contribution in [0.4, 0.5) is 5.69 Å². The molecular weight excluding hydrogens is 328 g/mol. The van der Waals surface area contributed by atoms with Gasteiger partial charge in [-0.15, -0.1) is 0 Å². The number of fused-ring (bicyclic) bond motifs is 1. The number of esters is 1. The minimum Gasteiger partial charge on any atom is -0.427 e. The van der Waals surface area contributed by atoms with Gasteiger partial charge in [-0.2, -0.15) is 0 Å². The number of ether oxygens (including phenoxy) is 1. The van der Waals surface area contributed by atoms with Crippen LogP contribution in [0.1, 0.15) is 12.5 Å². The average Bonchev–Trinajstić information content (AvgIpc) is 2.54. The fourth-order valence-corrected chi connectivity index (χ4v) is 2.45. The molecule has 8 nitrogen and oxygen atoms in total. The van der Waals surface area contributed by atoms with E-state index in [1.807, 2.05) is 0 Å². The summed E-state index contributed by atoms with van der Waals surface area (Å²) in [7, 11) is 0. The summed E-state index contributed by atoms with van der Waals surface area (Å²) in [6.07, 6.45) is 0. The quantitative estimate of drug-likeness (QED) is 0.312. The van der Waals surface area contributed by atoms with Crippen LogP contribution >= 0.6 is 0 Å². The third-order valence-corrected chi connectivity index (χ3v) is 3.59. The largest absolute Gasteiger partial charge is 0.427 e. The second-order valence-corrected chi connectivity index (χ2v) is 5.29. The number of carbonyl (C=O) groups excluding carboxylic acids is 1. The molecule has 0 N–H and O–H groups in total. The van der Waals surface area contributed by atoms with Crippen molar-refractivity contribution in [1.82, 2.24) is 4.98 Å². The molecule has 3 rings (SSSR count). The maximum Gasteiger partial charge on any atom is 0.347 e. The maximum absolute atomic E-state index is 12.3. The number of nitro benzene ring substituents is 1. The SMILES string of the molecule is CC(=O)Oc1ccc2nc(-c3cccc([N+](=O)[O-])c3C)oc(=O)c2c1. The number of nitrogens with zero attached hydrogens (tertiary/aromatic N) is 2. The Hall–Kier alpha value is -3.55. The molecule has 0 radical (unpaired) electrons. The van der Waals surface area contributed by atoms with Crippen LogP contribution in [-0.2, 0) is 4.79 Å². The van der Waals surface area contributed by atoms with Gasteiger partial charge >= 0.3 is 11.6 Å². The molecular formula is C17H12N2O6. The lowest BCUT2D eigenvalue weighted by molar-refractivity contribution is -0.385. The van der Waals surface area contributed by atoms with E-state index >= 15 is 0 Å². The standard InChI is InChI=1S/C17H12N2O6/c1-9-12(4-3-5-15(9)19(22)23)16-18-14-7-6-11(24-10(2)20)8-13(14)17(21)25-16/h3-8H,1-2H3. The average molecular weight is 340 g/mol. The predicted octanol–water partition coefficient (Wildman–Crippen LogP) is 3.00. The number of aromatic nitrogens is 1. The van der Waals surface area contributed by atoms with E-state index in [0.717, 1.165) is 0 Å². The number of rotatable bonds is 3. The number of nitro groups is 1. The predicted molar refractivity (Wildman–Crippen MR) is 88.4 cm³/mol. The molecule has 25 heavy (non-hydrogen) atoms. The van der Waals surface area contributed by atoms with E-state index in [2.05, 4.69) is 4.98 Å². The van der Waals surface area contributed by atoms with Gasteiger partial charge in [-0.25, -0.2) is 9.78 Å². The van der Waals surface area contributed by atoms with Gasteiger partial charge in [0.05, 0.1) is 15.8 Å². The Balaban J connectivity index is 2.17. The van der Waals surface area contributed by atoms with Gasteiger partial charge in [0.2, 0.25) is 5.89 Å². The van der Waals surface area contributed by atoms with Gasteiger partial charge in [-0.05, 0) is 31.2 Å². The highest BCUT2D eigenvalue weighted by Crippen LogP contribution is 2.29. The molecule has 0 unspecified atom stereocenters. The third-order valence-electron chi connectivity index (χ3n) is 3.59. The summed E-state index contributed by atoms with van der Waals surface area (Å²) in [4.78, 5) is 38.1. The molecule has 0 aliphatic heterocycles. The lowest BCUT2D eigenvalue weighted by Crippen LogP contribution is -2.06. The van der Waals surface area contributed by atoms with Gasteiger partial charge < -0.3 is 9.15 Å². The molecule has 126 valence electrons. The number of hydrogen-bond donors (Lipinski definition) is 0. The summed E-state index contributed by atoms with van der Waals surface area (Å²) < 4.78 is 10.2. The van der Waals surface area contributed by atoms with Crippen molar-refractivity contribution >= 4 is 22.6 Å². The van der Waals surface area contributed by atoms with Crippen LogP contribution in [0.25, 0.3) is 22.4 Å². The van der Waals surface area contributed by atoms with Crippen molar-refractivity contribution in [2.45, 2.75) is 13.8 Å². The fraction of sp³-hybridized carbons (Fsp3) is 0.118. The summed E-state index contributed by atoms with van der Waals surface area (Å²) in [5.74, 6) is -0.326. The van der Waals surface area contributed by atoms with Crippen molar-refractivity contribution in [3.63, 3.8) is 0 Å². The van der Waals surface area contributed by atoms with Crippen molar-refractivity contribution in [3.05, 3.63) is 62.5 Å². The van der Waals surface area contributed by atoms with E-state index in [1.165, 1.54) is 37.3 Å². The van der Waals surface area contributed by atoms with E-state index in [0.29, 0.717) is 16.6 Å². The molecule has 1 aromatic heterocycles. The van der Waals surface area contributed by atoms with Crippen LogP contribution in [-0.4, -0.2) is 15.9 Å². The molecule has 0 saturated heterocycles. The minimum atomic E-state index is -0.681. The van der Waals surface area contributed by atoms with Gasteiger partial charge in [0, 0.05) is 24.1 Å². The lowest BCUT2D eigenvalue weighted by Gasteiger charge is -2.06. The van der Waals surface area contributed by atoms with Crippen LogP contribution < -0.4 is 10.4 Å². The summed E-state index contributed by atoms with van der Waals surface area (Å²) in [5.41, 5.74) is 0.261. The van der Waals surface area contributed by atoms with Gasteiger partial charge in [-0.3, -0.25) is 14.9 Å². The Bertz CT molecular complexity index is 1070. The first kappa shape index (κ1) is 16.3. The molecule has 0 fully saturated rings. The highest BCUT2D eigenvalue weighted by molar-refractivity contribution is 5.81. The maximum atomic E-state index is 12.3. The van der Waals surface area contributed by atoms with Crippen LogP contribution in [0.5, 0.6) is 5.75 Å². The second-order valence-electron chi connectivity index (χ2n) is 5.29. The first-order valence-electron chi connectivity index (χ1n) is 7.24. The Labute approximate surface area is 140 Å². The molecule has 0 aliphatic carbocycles. The Morgan fingerprint density at radius 2 is 2.04 bits per heavy atom. The molecule has 0 aliphatic rings. The topological polar surface area (TPSA) is 113 Å². The normalized spacial score (nSPS) is 10.6. The monoisotopic (exact) mass is 340 g/mol. The van der Waals surface area contributed by atoms with Crippen LogP contribution in [0, 0.1) is 17.0 Å². The van der Waals surface area contributed by atoms with Crippen LogP contribution in [0.3, 0.4) is 0 Å². The molecule has 0 saturated carbocycles. The van der Waals surface area contributed by atoms with Crippen molar-refractivity contribution < 1.29 is 18.9 Å². The zero-order valence-electron chi connectivity index (χ0n) is 13.3. The Kier molecular flexibility index (Phi) is 4.02. The van der Waals surface area contributed by atoms with E-state index in [4.69, 9.17) is 9.15 Å². The van der Waals surface area contributed by atoms with Crippen LogP contribution in [0.2, 0.25) is 0 Å². The minimum absolute atomic E-state index is 0.0149. The highest BCUT2D eigenvalue weighted by atomic mass is 16.6. The zero-order valence-corrected chi connectivity index (χ0v) is 13.3. The van der Waals surface area contributed by atoms with Gasteiger partial charge in [-0.1, -0.05) is 6.07 Å². The summed E-state index contributed by atoms with van der Waals surface area (Å²) in [6.45, 7) is 2.81. The number of benzene rings is 2. The second kappa shape index (κ2) is 6.16. The van der Waals surface area contributed by atoms with E-state index < -0.39 is 16.5 Å². The van der Waals surface area contributed by atoms with Crippen LogP contribution in [0.15, 0.2) is 45.6 Å². The third kappa shape index (κ3) is 3.09. The molecule has 1 heterocycles. The van der Waals surface area contributed by atoms with Crippen molar-refractivity contribution in [3.8, 4) is 17.2 Å². The van der Waals surface area contributed by atoms with Crippen molar-refractivity contribution in [1.29, 1.82) is 0 Å². The lowest BCUT2D eigenvalue weighted by atomic mass is 10.1. The van der Waals surface area contributed by atoms with Crippen molar-refractivity contribution in [2.75, 3.05) is 0 Å². The first-order chi connectivity index (χ1) is 11.9. The fourth-order valence-electron chi connectivity index (χ4n) is 2.45. The number of carbonyl (C=O) groups is 1. The molecule has 0 atom stereocenters. The molecule has 0 spiro atoms. The molecule has 3 aromatic rings. The van der Waals surface area contributed by atoms with Crippen molar-refractivity contribution in [2.24, 2.45) is 0 Å². The first-order valence-corrected chi connectivity index (χ1v) is 7.24. The van der Waals surface area contributed by atoms with Gasteiger partial charge in [0.25, 0.3) is 5.69 Å². The van der Waals surface area contributed by atoms with Gasteiger partial charge in [0.15, 0.2) is 0 Å². The van der Waals surface area contributed by atoms with E-state index in [9.17, 15) is 19.7 Å². The molecule has 0 amide bonds. The molecule has 2 aromatic carbocycles. The number of hydrogen-bond acceptors (Lipinski definition) is 7. The van der Waals surface area contributed by atoms with Gasteiger partial charge in [0.1, 0.15) is 5.75 Å². The summed E-state index contributed by atoms with van der Waals surface area (Å²) in [5, 5.41) is 11.2. The molecule has 8 heteroatoms. The zero-order chi connectivity index (χ0) is 18.1. The Morgan fingerprint density at radius 3 is 2.72 bits per heavy atom. The van der Waals surface area contributed by atoms with E-state index in [1.54, 1.807) is 13.0 Å². The summed E-state index contributed by atoms with van der Waals surface area (Å²) in [6, 6.07) is 8.83. The molecule has 0 bridgehead atoms. The van der Waals surface area contributed by atoms with E-state index in [-0.39, 0.29) is 22.7 Å². The Morgan fingerprint density at radius 1 is 1.28 bits per heavy atom. The highest BCUT2D eigenvalue weighted by Gasteiger charge is 2.18.